The Morgan fingerprint density at radius 3 is 1.63 bits per heavy atom. The van der Waals surface area contributed by atoms with E-state index in [0.717, 1.165) is 58.6 Å². The predicted molar refractivity (Wildman–Crippen MR) is 366 cm³/mol. The molecule has 6 aliphatic rings. The molecule has 4 fully saturated rings. The number of nitrogens with zero attached hydrogens (tertiary/aromatic N) is 17. The van der Waals surface area contributed by atoms with E-state index >= 15 is 0 Å². The number of rotatable bonds is 8. The van der Waals surface area contributed by atoms with Crippen LogP contribution in [0.4, 0.5) is 0 Å². The molecule has 2 N–H and O–H groups in total. The second-order valence-electron chi connectivity index (χ2n) is 25.9. The van der Waals surface area contributed by atoms with Crippen molar-refractivity contribution in [1.82, 2.24) is 89.2 Å². The third-order valence-corrected chi connectivity index (χ3v) is 19.8. The molecule has 1 amide bonds. The number of ketones is 4. The Labute approximate surface area is 582 Å². The average Bonchev–Trinajstić information content (AvgIpc) is 1.54. The SMILES string of the molecule is CC(=O)c1nn(CC(=O)N2[C@H]3C[C@]4(C[C@@H]24)Cn2ccc(n2)/C=C\COCc2ccc(Br)nc2CC3=O)c2cnc(-c3cnc(C)nc3)cc12.CC(=O)c1nn(CC(=O)O)c2cnc(-c3cnc(C)nc3)cc12.O=C1Cc2nc(Br)ccc2COC/C=C\c2ccn(n2)C[C@@]23C[C@@H]1N[C@@H]2C3. The molecule has 29 heteroatoms. The molecule has 504 valence electrons. The number of Topliss-reactive ketones (excluding diaryl/α,β-unsaturated/α-hetero) is 4. The maximum Gasteiger partial charge on any atom is 0.325 e. The minimum absolute atomic E-state index is 0.0613. The highest BCUT2D eigenvalue weighted by Crippen LogP contribution is 2.61. The standard InChI is InChI=1S/C35H32BrN9O4.C20H21BrN4O2.C15H13N5O3/c1-20(46)34-25-10-26(23-14-37-21(2)38-15-23)39-16-29(25)44(42-34)17-33(48)45-28-12-35(13-31(35)45)19-43-8-7-24(41-43)4-3-9-49-18-22-5-6-32(36)40-27(22)11-30(28)47;21-19-4-3-13-11-27-7-1-2-14-5-6-25(24-14)12-20-9-16(22-18(20)10-20)17(26)8-15(13)23-19;1-8(21)15-11-3-12(10-4-16-9(2)17-5-10)18-6-13(11)20(19-15)7-14(22)23/h3-8,10,14-16,28,31H,9,11-13,17-19H2,1-2H3;1-6,16,18,22H,7-12H2;3-6H,7H2,1-2H3,(H,22,23)/b4-3-;2-1-;/t28-,31+,35-;16-,18+,20-;/m00./s1. The van der Waals surface area contributed by atoms with E-state index in [1.54, 1.807) is 61.9 Å². The number of aryl methyl sites for hydroxylation is 2. The molecule has 2 saturated carbocycles. The van der Waals surface area contributed by atoms with Crippen LogP contribution in [0.15, 0.2) is 119 Å². The molecule has 10 aromatic rings. The monoisotopic (exact) mass is 1460 g/mol. The molecule has 2 aliphatic carbocycles. The Morgan fingerprint density at radius 2 is 1.11 bits per heavy atom. The van der Waals surface area contributed by atoms with Gasteiger partial charge in [0, 0.05) is 109 Å². The summed E-state index contributed by atoms with van der Waals surface area (Å²) in [5.74, 6) is -0.348. The molecular weight excluding hydrogens is 1400 g/mol. The van der Waals surface area contributed by atoms with Crippen LogP contribution in [0.3, 0.4) is 0 Å². The zero-order chi connectivity index (χ0) is 68.9. The summed E-state index contributed by atoms with van der Waals surface area (Å²) in [6.07, 6.45) is 25.2. The molecule has 27 nitrogen and oxygen atoms in total. The normalized spacial score (nSPS) is 22.2. The first kappa shape index (κ1) is 66.3. The average molecular weight is 1460 g/mol. The van der Waals surface area contributed by atoms with Gasteiger partial charge in [0.1, 0.15) is 45.3 Å². The summed E-state index contributed by atoms with van der Waals surface area (Å²) < 4.78 is 19.7. The van der Waals surface area contributed by atoms with Crippen LogP contribution in [0, 0.1) is 24.7 Å². The zero-order valence-corrected chi connectivity index (χ0v) is 57.5. The van der Waals surface area contributed by atoms with Gasteiger partial charge in [-0.1, -0.05) is 24.3 Å². The lowest BCUT2D eigenvalue weighted by atomic mass is 9.94. The maximum absolute atomic E-state index is 14.4. The van der Waals surface area contributed by atoms with Crippen molar-refractivity contribution in [3.8, 4) is 22.5 Å². The van der Waals surface area contributed by atoms with Crippen LogP contribution >= 0.6 is 31.9 Å². The van der Waals surface area contributed by atoms with Crippen LogP contribution < -0.4 is 5.32 Å². The van der Waals surface area contributed by atoms with E-state index in [9.17, 15) is 28.8 Å². The van der Waals surface area contributed by atoms with E-state index in [0.29, 0.717) is 118 Å². The second-order valence-corrected chi connectivity index (χ2v) is 27.5. The lowest BCUT2D eigenvalue weighted by Gasteiger charge is -2.27. The Hall–Kier alpha value is -9.94. The van der Waals surface area contributed by atoms with Gasteiger partial charge < -0.3 is 24.8 Å². The number of carbonyl (C=O) groups is 6. The number of aromatic nitrogens is 16. The Balaban J connectivity index is 0.000000140. The smallest absolute Gasteiger partial charge is 0.325 e. The van der Waals surface area contributed by atoms with Crippen LogP contribution in [0.5, 0.6) is 0 Å². The highest BCUT2D eigenvalue weighted by atomic mass is 79.9. The number of carbonyl (C=O) groups excluding carboxylic acids is 5. The third kappa shape index (κ3) is 14.2. The number of fused-ring (bicyclic) bond motifs is 10. The summed E-state index contributed by atoms with van der Waals surface area (Å²) in [5, 5.41) is 31.7. The molecule has 0 radical (unpaired) electrons. The van der Waals surface area contributed by atoms with Gasteiger partial charge in [-0.25, -0.2) is 29.9 Å². The fraction of sp³-hybridized carbons (Fsp3) is 0.343. The third-order valence-electron chi connectivity index (χ3n) is 18.9. The summed E-state index contributed by atoms with van der Waals surface area (Å²) in [6, 6.07) is 14.6. The van der Waals surface area contributed by atoms with Crippen molar-refractivity contribution in [2.45, 2.75) is 130 Å². The van der Waals surface area contributed by atoms with Crippen molar-refractivity contribution in [2.75, 3.05) is 13.2 Å². The number of carboxylic acids is 1. The number of ether oxygens (including phenoxy) is 2. The summed E-state index contributed by atoms with van der Waals surface area (Å²) in [7, 11) is 0. The largest absolute Gasteiger partial charge is 0.480 e. The van der Waals surface area contributed by atoms with E-state index < -0.39 is 12.0 Å². The number of piperidine rings is 2. The number of nitrogens with one attached hydrogen (secondary N) is 1. The number of hydrogen-bond acceptors (Lipinski definition) is 21. The lowest BCUT2D eigenvalue weighted by Crippen LogP contribution is -2.45. The first-order valence-corrected chi connectivity index (χ1v) is 33.8. The van der Waals surface area contributed by atoms with Gasteiger partial charge in [0.25, 0.3) is 0 Å². The molecule has 6 atom stereocenters. The van der Waals surface area contributed by atoms with E-state index in [2.05, 4.69) is 92.3 Å². The number of likely N-dealkylation sites (tertiary alicyclic amines) is 1. The molecule has 14 heterocycles. The first-order valence-electron chi connectivity index (χ1n) is 32.3. The molecule has 4 aliphatic heterocycles. The molecule has 2 saturated heterocycles. The van der Waals surface area contributed by atoms with E-state index in [-0.39, 0.29) is 82.9 Å². The van der Waals surface area contributed by atoms with Crippen molar-refractivity contribution in [3.63, 3.8) is 0 Å². The molecule has 0 aromatic carbocycles. The van der Waals surface area contributed by atoms with E-state index in [1.807, 2.05) is 82.5 Å². The fourth-order valence-electron chi connectivity index (χ4n) is 13.8. The molecule has 10 aromatic heterocycles. The van der Waals surface area contributed by atoms with E-state index in [4.69, 9.17) is 19.7 Å². The summed E-state index contributed by atoms with van der Waals surface area (Å²) >= 11 is 6.87. The van der Waals surface area contributed by atoms with Gasteiger partial charge in [-0.15, -0.1) is 0 Å². The minimum Gasteiger partial charge on any atom is -0.480 e. The topological polar surface area (TPSA) is 331 Å². The van der Waals surface area contributed by atoms with Gasteiger partial charge in [0.15, 0.2) is 23.1 Å². The highest BCUT2D eigenvalue weighted by Gasteiger charge is 2.67. The van der Waals surface area contributed by atoms with Crippen molar-refractivity contribution in [2.24, 2.45) is 10.8 Å². The van der Waals surface area contributed by atoms with Gasteiger partial charge in [0.2, 0.25) is 5.91 Å². The summed E-state index contributed by atoms with van der Waals surface area (Å²) in [6.45, 7) is 8.99. The van der Waals surface area contributed by atoms with Gasteiger partial charge in [-0.2, -0.15) is 20.4 Å². The van der Waals surface area contributed by atoms with Crippen molar-refractivity contribution >= 4 is 101 Å². The van der Waals surface area contributed by atoms with Gasteiger partial charge in [-0.05, 0) is 131 Å². The van der Waals surface area contributed by atoms with Crippen LogP contribution in [0.2, 0.25) is 0 Å². The lowest BCUT2D eigenvalue weighted by molar-refractivity contribution is -0.139. The Kier molecular flexibility index (Phi) is 18.4. The molecule has 99 heavy (non-hydrogen) atoms. The van der Waals surface area contributed by atoms with Crippen molar-refractivity contribution in [1.29, 1.82) is 0 Å². The Morgan fingerprint density at radius 1 is 0.606 bits per heavy atom. The van der Waals surface area contributed by atoms with Crippen molar-refractivity contribution in [3.05, 3.63) is 176 Å². The molecule has 0 unspecified atom stereocenters. The number of aliphatic carboxylic acids is 1. The number of hydrogen-bond donors (Lipinski definition) is 2. The minimum atomic E-state index is -1.04. The highest BCUT2D eigenvalue weighted by molar-refractivity contribution is 9.10. The predicted octanol–water partition coefficient (Wildman–Crippen LogP) is 8.17. The quantitative estimate of drug-likeness (QED) is 0.107. The van der Waals surface area contributed by atoms with Gasteiger partial charge >= 0.3 is 5.97 Å². The van der Waals surface area contributed by atoms with Crippen LogP contribution in [0.1, 0.15) is 106 Å². The Bertz CT molecular complexity index is 4930. The van der Waals surface area contributed by atoms with Gasteiger partial charge in [0.05, 0.1) is 109 Å². The number of halogens is 2. The van der Waals surface area contributed by atoms with E-state index in [1.165, 1.54) is 29.4 Å². The van der Waals surface area contributed by atoms with Crippen LogP contribution in [-0.4, -0.2) is 161 Å². The fourth-order valence-corrected chi connectivity index (χ4v) is 14.5. The van der Waals surface area contributed by atoms with Gasteiger partial charge in [-0.3, -0.25) is 57.5 Å². The van der Waals surface area contributed by atoms with Crippen LogP contribution in [0.25, 0.3) is 56.5 Å². The molecule has 8 bridgehead atoms. The number of amides is 1. The van der Waals surface area contributed by atoms with Crippen molar-refractivity contribution < 1.29 is 43.3 Å². The summed E-state index contributed by atoms with van der Waals surface area (Å²) in [5.41, 5.74) is 8.94. The molecule has 16 rings (SSSR count). The second kappa shape index (κ2) is 27.4. The zero-order valence-electron chi connectivity index (χ0n) is 54.3. The number of carboxylic acid groups (broad SMARTS) is 1. The summed E-state index contributed by atoms with van der Waals surface area (Å²) in [4.78, 5) is 114. The van der Waals surface area contributed by atoms with Crippen LogP contribution in [-0.2, 0) is 80.9 Å². The molecule has 2 spiro atoms. The number of pyridine rings is 4. The maximum atomic E-state index is 14.4. The molecular formula is C70H66Br2N18O9. The first-order chi connectivity index (χ1) is 47.7.